The second-order valence-electron chi connectivity index (χ2n) is 7.62. The summed E-state index contributed by atoms with van der Waals surface area (Å²) in [6, 6.07) is 12.6. The molecule has 1 aliphatic rings. The molecule has 0 atom stereocenters. The van der Waals surface area contributed by atoms with Crippen molar-refractivity contribution in [2.24, 2.45) is 7.05 Å². The maximum absolute atomic E-state index is 13.2. The van der Waals surface area contributed by atoms with Gasteiger partial charge in [-0.05, 0) is 36.8 Å². The van der Waals surface area contributed by atoms with Gasteiger partial charge in [-0.15, -0.1) is 0 Å². The molecule has 1 aliphatic heterocycles. The van der Waals surface area contributed by atoms with Gasteiger partial charge in [-0.25, -0.2) is 8.42 Å². The average molecular weight is 458 g/mol. The Morgan fingerprint density at radius 3 is 2.66 bits per heavy atom. The lowest BCUT2D eigenvalue weighted by atomic mass is 10.1. The summed E-state index contributed by atoms with van der Waals surface area (Å²) in [5.74, 6) is 0.0475. The number of nitrogens with zero attached hydrogens (tertiary/aromatic N) is 2. The van der Waals surface area contributed by atoms with Crippen LogP contribution in [0.1, 0.15) is 12.5 Å². The fourth-order valence-corrected chi connectivity index (χ4v) is 5.50. The van der Waals surface area contributed by atoms with Crippen LogP contribution in [0.2, 0.25) is 0 Å². The molecule has 2 heterocycles. The predicted octanol–water partition coefficient (Wildman–Crippen LogP) is 2.78. The lowest BCUT2D eigenvalue weighted by Crippen LogP contribution is -2.40. The van der Waals surface area contributed by atoms with Crippen molar-refractivity contribution < 1.29 is 22.7 Å². The fraction of sp³-hybridized carbons (Fsp3) is 0.348. The van der Waals surface area contributed by atoms with Gasteiger partial charge in [0.15, 0.2) is 0 Å². The quantitative estimate of drug-likeness (QED) is 0.589. The molecule has 0 radical (unpaired) electrons. The van der Waals surface area contributed by atoms with Gasteiger partial charge < -0.3 is 19.4 Å². The molecule has 170 valence electrons. The van der Waals surface area contributed by atoms with Gasteiger partial charge in [0.1, 0.15) is 10.6 Å². The molecule has 0 saturated carbocycles. The fourth-order valence-electron chi connectivity index (χ4n) is 3.93. The Labute approximate surface area is 187 Å². The first-order valence-corrected chi connectivity index (χ1v) is 12.0. The lowest BCUT2D eigenvalue weighted by molar-refractivity contribution is -0.115. The molecule has 4 rings (SSSR count). The maximum atomic E-state index is 13.2. The van der Waals surface area contributed by atoms with E-state index in [4.69, 9.17) is 9.47 Å². The monoisotopic (exact) mass is 457 g/mol. The van der Waals surface area contributed by atoms with Gasteiger partial charge in [-0.3, -0.25) is 4.79 Å². The molecule has 32 heavy (non-hydrogen) atoms. The largest absolute Gasteiger partial charge is 0.492 e. The number of amides is 1. The van der Waals surface area contributed by atoms with Crippen LogP contribution in [0.25, 0.3) is 10.9 Å². The van der Waals surface area contributed by atoms with E-state index in [0.717, 1.165) is 16.5 Å². The molecule has 1 amide bonds. The van der Waals surface area contributed by atoms with Crippen molar-refractivity contribution in [2.45, 2.75) is 18.2 Å². The van der Waals surface area contributed by atoms with E-state index in [2.05, 4.69) is 5.32 Å². The van der Waals surface area contributed by atoms with Gasteiger partial charge in [0.25, 0.3) is 0 Å². The van der Waals surface area contributed by atoms with E-state index >= 15 is 0 Å². The summed E-state index contributed by atoms with van der Waals surface area (Å²) < 4.78 is 40.7. The Hall–Kier alpha value is -2.88. The third-order valence-electron chi connectivity index (χ3n) is 5.45. The van der Waals surface area contributed by atoms with Crippen molar-refractivity contribution in [3.8, 4) is 5.75 Å². The average Bonchev–Trinajstić information content (AvgIpc) is 3.11. The Balaban J connectivity index is 1.58. The highest BCUT2D eigenvalue weighted by atomic mass is 32.2. The third kappa shape index (κ3) is 4.50. The molecule has 0 aliphatic carbocycles. The number of fused-ring (bicyclic) bond motifs is 1. The van der Waals surface area contributed by atoms with E-state index in [0.29, 0.717) is 25.5 Å². The molecule has 0 bridgehead atoms. The van der Waals surface area contributed by atoms with Gasteiger partial charge in [-0.2, -0.15) is 4.31 Å². The van der Waals surface area contributed by atoms with Crippen molar-refractivity contribution in [1.82, 2.24) is 8.87 Å². The molecule has 0 spiro atoms. The minimum atomic E-state index is -3.78. The molecule has 8 nitrogen and oxygen atoms in total. The third-order valence-corrected chi connectivity index (χ3v) is 7.37. The van der Waals surface area contributed by atoms with Gasteiger partial charge in [0, 0.05) is 42.9 Å². The first kappa shape index (κ1) is 22.3. The molecular formula is C23H27N3O5S. The number of ether oxygens (including phenoxy) is 2. The number of sulfonamides is 1. The number of hydrogen-bond donors (Lipinski definition) is 1. The Morgan fingerprint density at radius 1 is 1.16 bits per heavy atom. The summed E-state index contributed by atoms with van der Waals surface area (Å²) in [4.78, 5) is 12.8. The number of benzene rings is 2. The number of carbonyl (C=O) groups excluding carboxylic acids is 1. The smallest absolute Gasteiger partial charge is 0.246 e. The second kappa shape index (κ2) is 9.32. The molecular weight excluding hydrogens is 430 g/mol. The van der Waals surface area contributed by atoms with E-state index in [1.807, 2.05) is 42.1 Å². The molecule has 1 aromatic heterocycles. The van der Waals surface area contributed by atoms with Crippen molar-refractivity contribution in [3.63, 3.8) is 0 Å². The SMILES string of the molecule is CCOc1ccc(NC(=O)Cc2cn(C)c3ccccc23)cc1S(=O)(=O)N1CCOCC1. The minimum absolute atomic E-state index is 0.0456. The van der Waals surface area contributed by atoms with Crippen LogP contribution in [0.3, 0.4) is 0 Å². The predicted molar refractivity (Wildman–Crippen MR) is 122 cm³/mol. The topological polar surface area (TPSA) is 89.9 Å². The van der Waals surface area contributed by atoms with E-state index in [1.165, 1.54) is 10.4 Å². The minimum Gasteiger partial charge on any atom is -0.492 e. The first-order chi connectivity index (χ1) is 15.4. The number of hydrogen-bond acceptors (Lipinski definition) is 5. The van der Waals surface area contributed by atoms with E-state index in [9.17, 15) is 13.2 Å². The van der Waals surface area contributed by atoms with Crippen LogP contribution in [-0.4, -0.2) is 56.1 Å². The van der Waals surface area contributed by atoms with Crippen LogP contribution < -0.4 is 10.1 Å². The molecule has 0 unspecified atom stereocenters. The summed E-state index contributed by atoms with van der Waals surface area (Å²) in [7, 11) is -1.84. The zero-order valence-corrected chi connectivity index (χ0v) is 19.0. The number of para-hydroxylation sites is 1. The van der Waals surface area contributed by atoms with Gasteiger partial charge in [0.2, 0.25) is 15.9 Å². The Bertz CT molecular complexity index is 1230. The second-order valence-corrected chi connectivity index (χ2v) is 9.52. The highest BCUT2D eigenvalue weighted by Crippen LogP contribution is 2.31. The summed E-state index contributed by atoms with van der Waals surface area (Å²) in [6.45, 7) is 3.40. The molecule has 1 N–H and O–H groups in total. The highest BCUT2D eigenvalue weighted by molar-refractivity contribution is 7.89. The number of aryl methyl sites for hydroxylation is 1. The van der Waals surface area contributed by atoms with Gasteiger partial charge in [-0.1, -0.05) is 18.2 Å². The van der Waals surface area contributed by atoms with Crippen LogP contribution in [0.4, 0.5) is 5.69 Å². The number of aromatic nitrogens is 1. The normalized spacial score (nSPS) is 15.1. The standard InChI is InChI=1S/C23H27N3O5S/c1-3-31-21-9-8-18(15-22(21)32(28,29)26-10-12-30-13-11-26)24-23(27)14-17-16-25(2)20-7-5-4-6-19(17)20/h4-9,15-16H,3,10-14H2,1-2H3,(H,24,27). The summed E-state index contributed by atoms with van der Waals surface area (Å²) in [6.07, 6.45) is 2.12. The molecule has 2 aromatic carbocycles. The van der Waals surface area contributed by atoms with Crippen molar-refractivity contribution in [1.29, 1.82) is 0 Å². The summed E-state index contributed by atoms with van der Waals surface area (Å²) in [5.41, 5.74) is 2.37. The number of nitrogens with one attached hydrogen (secondary N) is 1. The van der Waals surface area contributed by atoms with Crippen molar-refractivity contribution >= 4 is 32.5 Å². The zero-order chi connectivity index (χ0) is 22.7. The molecule has 3 aromatic rings. The van der Waals surface area contributed by atoms with Crippen molar-refractivity contribution in [2.75, 3.05) is 38.2 Å². The van der Waals surface area contributed by atoms with Gasteiger partial charge in [0.05, 0.1) is 26.2 Å². The zero-order valence-electron chi connectivity index (χ0n) is 18.2. The molecule has 9 heteroatoms. The van der Waals surface area contributed by atoms with E-state index in [1.54, 1.807) is 19.1 Å². The maximum Gasteiger partial charge on any atom is 0.246 e. The van der Waals surface area contributed by atoms with Crippen LogP contribution in [0.5, 0.6) is 5.75 Å². The summed E-state index contributed by atoms with van der Waals surface area (Å²) >= 11 is 0. The Morgan fingerprint density at radius 2 is 1.91 bits per heavy atom. The summed E-state index contributed by atoms with van der Waals surface area (Å²) in [5, 5.41) is 3.86. The van der Waals surface area contributed by atoms with Gasteiger partial charge >= 0.3 is 0 Å². The van der Waals surface area contributed by atoms with E-state index < -0.39 is 10.0 Å². The van der Waals surface area contributed by atoms with Crippen LogP contribution in [0, 0.1) is 0 Å². The molecule has 1 saturated heterocycles. The first-order valence-electron chi connectivity index (χ1n) is 10.6. The van der Waals surface area contributed by atoms with Crippen LogP contribution >= 0.6 is 0 Å². The number of morpholine rings is 1. The van der Waals surface area contributed by atoms with Crippen LogP contribution in [-0.2, 0) is 33.0 Å². The number of anilines is 1. The highest BCUT2D eigenvalue weighted by Gasteiger charge is 2.29. The molecule has 1 fully saturated rings. The lowest BCUT2D eigenvalue weighted by Gasteiger charge is -2.27. The number of carbonyl (C=O) groups is 1. The number of rotatable bonds is 7. The van der Waals surface area contributed by atoms with Crippen molar-refractivity contribution in [3.05, 3.63) is 54.2 Å². The Kier molecular flexibility index (Phi) is 6.50. The van der Waals surface area contributed by atoms with E-state index in [-0.39, 0.29) is 36.1 Å². The van der Waals surface area contributed by atoms with Crippen LogP contribution in [0.15, 0.2) is 53.6 Å².